The van der Waals surface area contributed by atoms with Gasteiger partial charge in [0.05, 0.1) is 16.7 Å². The molecule has 9 heteroatoms. The average Bonchev–Trinajstić information content (AvgIpc) is 3.04. The Balaban J connectivity index is 1.73. The molecule has 0 bridgehead atoms. The molecule has 0 unspecified atom stereocenters. The van der Waals surface area contributed by atoms with Gasteiger partial charge in [0.2, 0.25) is 11.9 Å². The Morgan fingerprint density at radius 3 is 2.76 bits per heavy atom. The normalized spacial score (nSPS) is 11.0. The molecule has 25 heavy (non-hydrogen) atoms. The van der Waals surface area contributed by atoms with E-state index in [0.717, 1.165) is 16.6 Å². The Morgan fingerprint density at radius 1 is 1.00 bits per heavy atom. The molecule has 0 saturated heterocycles. The van der Waals surface area contributed by atoms with Crippen LogP contribution in [0.5, 0.6) is 0 Å². The van der Waals surface area contributed by atoms with Crippen molar-refractivity contribution in [3.05, 3.63) is 52.6 Å². The molecule has 124 valence electrons. The van der Waals surface area contributed by atoms with E-state index in [2.05, 4.69) is 30.5 Å². The molecule has 2 aromatic carbocycles. The van der Waals surface area contributed by atoms with Gasteiger partial charge in [0, 0.05) is 21.7 Å². The van der Waals surface area contributed by atoms with E-state index in [-0.39, 0.29) is 5.95 Å². The van der Waals surface area contributed by atoms with Crippen LogP contribution in [0, 0.1) is 0 Å². The molecule has 0 amide bonds. The number of benzene rings is 2. The van der Waals surface area contributed by atoms with E-state index >= 15 is 0 Å². The highest BCUT2D eigenvalue weighted by molar-refractivity contribution is 6.35. The van der Waals surface area contributed by atoms with Gasteiger partial charge in [-0.3, -0.25) is 5.10 Å². The Bertz CT molecular complexity index is 1080. The smallest absolute Gasteiger partial charge is 0.232 e. The summed E-state index contributed by atoms with van der Waals surface area (Å²) < 4.78 is 0. The van der Waals surface area contributed by atoms with Gasteiger partial charge >= 0.3 is 0 Å². The maximum Gasteiger partial charge on any atom is 0.232 e. The number of aromatic nitrogens is 5. The monoisotopic (exact) mass is 371 g/mol. The number of nitrogens with one attached hydrogen (secondary N) is 2. The minimum absolute atomic E-state index is 0.0751. The van der Waals surface area contributed by atoms with Crippen LogP contribution in [-0.4, -0.2) is 25.1 Å². The number of hydrogen-bond donors (Lipinski definition) is 3. The summed E-state index contributed by atoms with van der Waals surface area (Å²) in [6.07, 6.45) is 1.75. The van der Waals surface area contributed by atoms with Gasteiger partial charge in [0.1, 0.15) is 0 Å². The molecular weight excluding hydrogens is 361 g/mol. The van der Waals surface area contributed by atoms with Crippen molar-refractivity contribution in [1.82, 2.24) is 25.1 Å². The maximum atomic E-state index is 6.22. The number of rotatable bonds is 3. The van der Waals surface area contributed by atoms with Crippen LogP contribution in [0.2, 0.25) is 10.0 Å². The fourth-order valence-electron chi connectivity index (χ4n) is 2.38. The molecule has 0 spiro atoms. The van der Waals surface area contributed by atoms with Gasteiger partial charge in [-0.05, 0) is 36.4 Å². The van der Waals surface area contributed by atoms with Crippen molar-refractivity contribution in [2.24, 2.45) is 0 Å². The first-order chi connectivity index (χ1) is 12.1. The molecule has 2 aromatic heterocycles. The number of nitrogens with two attached hydrogens (primary N) is 1. The Kier molecular flexibility index (Phi) is 3.87. The van der Waals surface area contributed by atoms with E-state index in [9.17, 15) is 0 Å². The lowest BCUT2D eigenvalue weighted by atomic mass is 10.2. The number of nitrogens with zero attached hydrogens (tertiary/aromatic N) is 4. The van der Waals surface area contributed by atoms with E-state index in [1.807, 2.05) is 18.2 Å². The SMILES string of the molecule is Nc1nc(Nc2ccc3cn[nH]c3c2)nc(-c2cc(Cl)ccc2Cl)n1. The molecule has 4 aromatic rings. The summed E-state index contributed by atoms with van der Waals surface area (Å²) in [5.41, 5.74) is 8.07. The zero-order valence-electron chi connectivity index (χ0n) is 12.7. The highest BCUT2D eigenvalue weighted by Gasteiger charge is 2.11. The molecule has 0 aliphatic rings. The third-order valence-electron chi connectivity index (χ3n) is 3.52. The predicted molar refractivity (Wildman–Crippen MR) is 99.1 cm³/mol. The molecule has 0 radical (unpaired) electrons. The summed E-state index contributed by atoms with van der Waals surface area (Å²) in [5.74, 6) is 0.716. The zero-order chi connectivity index (χ0) is 17.4. The van der Waals surface area contributed by atoms with Crippen molar-refractivity contribution >= 4 is 51.7 Å². The highest BCUT2D eigenvalue weighted by Crippen LogP contribution is 2.29. The molecule has 0 fully saturated rings. The largest absolute Gasteiger partial charge is 0.368 e. The van der Waals surface area contributed by atoms with Gasteiger partial charge in [0.25, 0.3) is 0 Å². The van der Waals surface area contributed by atoms with Gasteiger partial charge < -0.3 is 11.1 Å². The van der Waals surface area contributed by atoms with Crippen LogP contribution in [-0.2, 0) is 0 Å². The molecule has 4 N–H and O–H groups in total. The van der Waals surface area contributed by atoms with Gasteiger partial charge in [-0.15, -0.1) is 0 Å². The van der Waals surface area contributed by atoms with Gasteiger partial charge in [-0.1, -0.05) is 23.2 Å². The lowest BCUT2D eigenvalue weighted by molar-refractivity contribution is 1.08. The number of H-pyrrole nitrogens is 1. The molecule has 0 aliphatic carbocycles. The third kappa shape index (κ3) is 3.19. The first-order valence-corrected chi connectivity index (χ1v) is 8.01. The summed E-state index contributed by atoms with van der Waals surface area (Å²) in [6.45, 7) is 0. The summed E-state index contributed by atoms with van der Waals surface area (Å²) in [6, 6.07) is 10.8. The highest BCUT2D eigenvalue weighted by atomic mass is 35.5. The summed E-state index contributed by atoms with van der Waals surface area (Å²) in [7, 11) is 0. The van der Waals surface area contributed by atoms with E-state index in [0.29, 0.717) is 27.4 Å². The summed E-state index contributed by atoms with van der Waals surface area (Å²) in [5, 5.41) is 12.0. The van der Waals surface area contributed by atoms with Crippen molar-refractivity contribution in [1.29, 1.82) is 0 Å². The Hall–Kier alpha value is -2.90. The second kappa shape index (κ2) is 6.19. The standard InChI is InChI=1S/C16H11Cl2N7/c17-9-2-4-12(18)11(5-9)14-22-15(19)24-16(23-14)21-10-3-1-8-7-20-25-13(8)6-10/h1-7H,(H,20,25)(H3,19,21,22,23,24). The van der Waals surface area contributed by atoms with E-state index in [1.54, 1.807) is 24.4 Å². The van der Waals surface area contributed by atoms with E-state index in [4.69, 9.17) is 28.9 Å². The minimum Gasteiger partial charge on any atom is -0.368 e. The minimum atomic E-state index is 0.0751. The number of aromatic amines is 1. The van der Waals surface area contributed by atoms with Crippen molar-refractivity contribution in [3.63, 3.8) is 0 Å². The second-order valence-electron chi connectivity index (χ2n) is 5.26. The topological polar surface area (TPSA) is 105 Å². The molecule has 2 heterocycles. The molecular formula is C16H11Cl2N7. The number of anilines is 3. The Labute approximate surface area is 152 Å². The van der Waals surface area contributed by atoms with E-state index < -0.39 is 0 Å². The second-order valence-corrected chi connectivity index (χ2v) is 6.11. The number of nitrogen functional groups attached to an aromatic ring is 1. The summed E-state index contributed by atoms with van der Waals surface area (Å²) in [4.78, 5) is 12.6. The molecule has 0 aliphatic heterocycles. The van der Waals surface area contributed by atoms with Crippen molar-refractivity contribution in [2.45, 2.75) is 0 Å². The average molecular weight is 372 g/mol. The Morgan fingerprint density at radius 2 is 1.88 bits per heavy atom. The lowest BCUT2D eigenvalue weighted by Gasteiger charge is -2.09. The molecule has 0 saturated carbocycles. The molecule has 0 atom stereocenters. The van der Waals surface area contributed by atoms with Gasteiger partial charge in [0.15, 0.2) is 5.82 Å². The van der Waals surface area contributed by atoms with Crippen LogP contribution in [0.15, 0.2) is 42.6 Å². The van der Waals surface area contributed by atoms with Crippen LogP contribution < -0.4 is 11.1 Å². The fourth-order valence-corrected chi connectivity index (χ4v) is 2.76. The number of halogens is 2. The molecule has 4 rings (SSSR count). The quantitative estimate of drug-likeness (QED) is 0.501. The first-order valence-electron chi connectivity index (χ1n) is 7.25. The van der Waals surface area contributed by atoms with Crippen LogP contribution in [0.3, 0.4) is 0 Å². The number of fused-ring (bicyclic) bond motifs is 1. The fraction of sp³-hybridized carbons (Fsp3) is 0. The van der Waals surface area contributed by atoms with Crippen LogP contribution >= 0.6 is 23.2 Å². The zero-order valence-corrected chi connectivity index (χ0v) is 14.2. The van der Waals surface area contributed by atoms with Crippen molar-refractivity contribution < 1.29 is 0 Å². The number of hydrogen-bond acceptors (Lipinski definition) is 6. The predicted octanol–water partition coefficient (Wildman–Crippen LogP) is 4.05. The lowest BCUT2D eigenvalue weighted by Crippen LogP contribution is -2.05. The van der Waals surface area contributed by atoms with Gasteiger partial charge in [-0.2, -0.15) is 20.1 Å². The summed E-state index contributed by atoms with van der Waals surface area (Å²) >= 11 is 12.3. The van der Waals surface area contributed by atoms with Crippen molar-refractivity contribution in [2.75, 3.05) is 11.1 Å². The van der Waals surface area contributed by atoms with Crippen LogP contribution in [0.1, 0.15) is 0 Å². The maximum absolute atomic E-state index is 6.22. The molecule has 7 nitrogen and oxygen atoms in total. The van der Waals surface area contributed by atoms with Crippen LogP contribution in [0.25, 0.3) is 22.3 Å². The first kappa shape index (κ1) is 15.6. The van der Waals surface area contributed by atoms with Gasteiger partial charge in [-0.25, -0.2) is 0 Å². The van der Waals surface area contributed by atoms with Crippen molar-refractivity contribution in [3.8, 4) is 11.4 Å². The van der Waals surface area contributed by atoms with Crippen LogP contribution in [0.4, 0.5) is 17.6 Å². The third-order valence-corrected chi connectivity index (χ3v) is 4.08. The van der Waals surface area contributed by atoms with E-state index in [1.165, 1.54) is 0 Å².